The van der Waals surface area contributed by atoms with Crippen LogP contribution >= 0.6 is 0 Å². The van der Waals surface area contributed by atoms with Gasteiger partial charge in [-0.05, 0) is 42.3 Å². The molecule has 23 heavy (non-hydrogen) atoms. The highest BCUT2D eigenvalue weighted by molar-refractivity contribution is 5.94. The van der Waals surface area contributed by atoms with Gasteiger partial charge in [-0.1, -0.05) is 12.1 Å². The maximum atomic E-state index is 12.1. The van der Waals surface area contributed by atoms with Gasteiger partial charge in [-0.15, -0.1) is 13.2 Å². The topological polar surface area (TPSA) is 59.4 Å². The molecule has 4 nitrogen and oxygen atoms in total. The van der Waals surface area contributed by atoms with Crippen LogP contribution in [-0.2, 0) is 0 Å². The van der Waals surface area contributed by atoms with E-state index in [-0.39, 0.29) is 11.3 Å². The van der Waals surface area contributed by atoms with E-state index in [0.717, 1.165) is 0 Å². The van der Waals surface area contributed by atoms with E-state index < -0.39 is 12.3 Å². The van der Waals surface area contributed by atoms with E-state index in [1.807, 2.05) is 0 Å². The summed E-state index contributed by atoms with van der Waals surface area (Å²) in [7, 11) is 0. The number of ether oxygens (including phenoxy) is 1. The number of hydrogen-bond donors (Lipinski definition) is 1. The summed E-state index contributed by atoms with van der Waals surface area (Å²) in [5, 5.41) is 9.11. The van der Waals surface area contributed by atoms with Gasteiger partial charge >= 0.3 is 12.3 Å². The van der Waals surface area contributed by atoms with Crippen LogP contribution in [0.5, 0.6) is 5.75 Å². The van der Waals surface area contributed by atoms with Crippen LogP contribution in [0.4, 0.5) is 13.2 Å². The van der Waals surface area contributed by atoms with Crippen LogP contribution in [0.25, 0.3) is 11.6 Å². The zero-order valence-corrected chi connectivity index (χ0v) is 12.0. The van der Waals surface area contributed by atoms with Crippen molar-refractivity contribution in [2.75, 3.05) is 0 Å². The molecule has 0 fully saturated rings. The van der Waals surface area contributed by atoms with Crippen LogP contribution < -0.4 is 4.74 Å². The van der Waals surface area contributed by atoms with Crippen molar-refractivity contribution in [3.63, 3.8) is 0 Å². The lowest BCUT2D eigenvalue weighted by Crippen LogP contribution is -2.16. The molecule has 0 spiro atoms. The van der Waals surface area contributed by atoms with Crippen molar-refractivity contribution in [2.24, 2.45) is 0 Å². The van der Waals surface area contributed by atoms with E-state index in [2.05, 4.69) is 9.72 Å². The quantitative estimate of drug-likeness (QED) is 0.914. The number of carbonyl (C=O) groups is 1. The van der Waals surface area contributed by atoms with Crippen LogP contribution in [0.1, 0.15) is 28.4 Å². The zero-order valence-electron chi connectivity index (χ0n) is 12.0. The first-order chi connectivity index (χ1) is 10.8. The highest BCUT2D eigenvalue weighted by Crippen LogP contribution is 2.25. The van der Waals surface area contributed by atoms with Crippen molar-refractivity contribution in [3.05, 3.63) is 59.4 Å². The Morgan fingerprint density at radius 1 is 1.22 bits per heavy atom. The van der Waals surface area contributed by atoms with E-state index in [4.69, 9.17) is 5.11 Å². The highest BCUT2D eigenvalue weighted by Gasteiger charge is 2.30. The smallest absolute Gasteiger partial charge is 0.478 e. The monoisotopic (exact) mass is 323 g/mol. The molecule has 0 unspecified atom stereocenters. The third-order valence-electron chi connectivity index (χ3n) is 3.00. The van der Waals surface area contributed by atoms with Crippen molar-refractivity contribution in [2.45, 2.75) is 13.3 Å². The van der Waals surface area contributed by atoms with Gasteiger partial charge in [0, 0.05) is 18.0 Å². The normalized spacial score (nSPS) is 12.1. The Morgan fingerprint density at radius 2 is 1.87 bits per heavy atom. The second-order valence-electron chi connectivity index (χ2n) is 4.67. The SMILES string of the molecule is C/C(=C\c1cnccc1C(=O)O)c1ccc(OC(F)(F)F)cc1. The number of nitrogens with zero attached hydrogens (tertiary/aromatic N) is 1. The molecular weight excluding hydrogens is 311 g/mol. The Balaban J connectivity index is 2.27. The first kappa shape index (κ1) is 16.5. The molecule has 2 aromatic rings. The fourth-order valence-corrected chi connectivity index (χ4v) is 1.95. The number of carboxylic acid groups (broad SMARTS) is 1. The van der Waals surface area contributed by atoms with Gasteiger partial charge in [0.2, 0.25) is 0 Å². The van der Waals surface area contributed by atoms with Crippen LogP contribution in [-0.4, -0.2) is 22.4 Å². The van der Waals surface area contributed by atoms with Gasteiger partial charge in [-0.25, -0.2) is 4.79 Å². The lowest BCUT2D eigenvalue weighted by molar-refractivity contribution is -0.274. The molecule has 0 aliphatic carbocycles. The fourth-order valence-electron chi connectivity index (χ4n) is 1.95. The summed E-state index contributed by atoms with van der Waals surface area (Å²) in [5.41, 5.74) is 1.82. The van der Waals surface area contributed by atoms with E-state index in [9.17, 15) is 18.0 Å². The lowest BCUT2D eigenvalue weighted by atomic mass is 10.0. The molecule has 0 radical (unpaired) electrons. The molecule has 0 saturated carbocycles. The standard InChI is InChI=1S/C16H12F3NO3/c1-10(8-12-9-20-7-6-14(12)15(21)22)11-2-4-13(5-3-11)23-16(17,18)19/h2-9H,1H3,(H,21,22)/b10-8+. The summed E-state index contributed by atoms with van der Waals surface area (Å²) in [6.45, 7) is 1.72. The number of aromatic nitrogens is 1. The molecule has 1 heterocycles. The maximum Gasteiger partial charge on any atom is 0.573 e. The maximum absolute atomic E-state index is 12.1. The first-order valence-corrected chi connectivity index (χ1v) is 6.48. The molecule has 1 aromatic heterocycles. The second kappa shape index (κ2) is 6.51. The number of alkyl halides is 3. The molecule has 2 rings (SSSR count). The van der Waals surface area contributed by atoms with Crippen molar-refractivity contribution >= 4 is 17.6 Å². The number of benzene rings is 1. The van der Waals surface area contributed by atoms with Gasteiger partial charge in [0.25, 0.3) is 0 Å². The van der Waals surface area contributed by atoms with Gasteiger partial charge in [0.1, 0.15) is 5.75 Å². The van der Waals surface area contributed by atoms with Crippen molar-refractivity contribution < 1.29 is 27.8 Å². The molecule has 0 bridgehead atoms. The summed E-state index contributed by atoms with van der Waals surface area (Å²) in [6, 6.07) is 6.69. The van der Waals surface area contributed by atoms with Crippen LogP contribution in [0.15, 0.2) is 42.7 Å². The fraction of sp³-hybridized carbons (Fsp3) is 0.125. The van der Waals surface area contributed by atoms with Crippen molar-refractivity contribution in [1.82, 2.24) is 4.98 Å². The Bertz CT molecular complexity index is 737. The summed E-state index contributed by atoms with van der Waals surface area (Å²) >= 11 is 0. The molecular formula is C16H12F3NO3. The Morgan fingerprint density at radius 3 is 2.43 bits per heavy atom. The van der Waals surface area contributed by atoms with Gasteiger partial charge in [-0.2, -0.15) is 0 Å². The predicted octanol–water partition coefficient (Wildman–Crippen LogP) is 4.24. The van der Waals surface area contributed by atoms with Gasteiger partial charge in [0.15, 0.2) is 0 Å². The Kier molecular flexibility index (Phi) is 4.68. The molecule has 7 heteroatoms. The molecule has 1 aromatic carbocycles. The molecule has 0 aliphatic heterocycles. The number of aromatic carboxylic acids is 1. The Labute approximate surface area is 129 Å². The molecule has 1 N–H and O–H groups in total. The molecule has 0 aliphatic rings. The van der Waals surface area contributed by atoms with Crippen LogP contribution in [0, 0.1) is 0 Å². The second-order valence-corrected chi connectivity index (χ2v) is 4.67. The van der Waals surface area contributed by atoms with Crippen molar-refractivity contribution in [1.29, 1.82) is 0 Å². The van der Waals surface area contributed by atoms with Gasteiger partial charge in [0.05, 0.1) is 5.56 Å². The molecule has 0 saturated heterocycles. The van der Waals surface area contributed by atoms with Gasteiger partial charge < -0.3 is 9.84 Å². The number of halogens is 3. The molecule has 120 valence electrons. The average molecular weight is 323 g/mol. The summed E-state index contributed by atoms with van der Waals surface area (Å²) in [5.74, 6) is -1.40. The molecule has 0 amide bonds. The lowest BCUT2D eigenvalue weighted by Gasteiger charge is -2.09. The van der Waals surface area contributed by atoms with E-state index in [1.165, 1.54) is 42.7 Å². The number of carboxylic acids is 1. The minimum atomic E-state index is -4.74. The van der Waals surface area contributed by atoms with Gasteiger partial charge in [-0.3, -0.25) is 4.98 Å². The largest absolute Gasteiger partial charge is 0.573 e. The zero-order chi connectivity index (χ0) is 17.0. The van der Waals surface area contributed by atoms with Crippen LogP contribution in [0.3, 0.4) is 0 Å². The van der Waals surface area contributed by atoms with E-state index in [0.29, 0.717) is 16.7 Å². The summed E-state index contributed by atoms with van der Waals surface area (Å²) in [6.07, 6.45) is -0.345. The number of pyridine rings is 1. The van der Waals surface area contributed by atoms with E-state index >= 15 is 0 Å². The minimum absolute atomic E-state index is 0.0939. The van der Waals surface area contributed by atoms with Crippen molar-refractivity contribution in [3.8, 4) is 5.75 Å². The number of allylic oxidation sites excluding steroid dienone is 1. The third kappa shape index (κ3) is 4.57. The average Bonchev–Trinajstić information content (AvgIpc) is 2.46. The predicted molar refractivity (Wildman–Crippen MR) is 77.9 cm³/mol. The Hall–Kier alpha value is -2.83. The summed E-state index contributed by atoms with van der Waals surface area (Å²) in [4.78, 5) is 15.0. The van der Waals surface area contributed by atoms with E-state index in [1.54, 1.807) is 13.0 Å². The first-order valence-electron chi connectivity index (χ1n) is 6.48. The summed E-state index contributed by atoms with van der Waals surface area (Å²) < 4.78 is 40.1. The third-order valence-corrected chi connectivity index (χ3v) is 3.00. The molecule has 0 atom stereocenters. The number of rotatable bonds is 4. The minimum Gasteiger partial charge on any atom is -0.478 e. The number of hydrogen-bond acceptors (Lipinski definition) is 3. The highest BCUT2D eigenvalue weighted by atomic mass is 19.4. The van der Waals surface area contributed by atoms with Crippen LogP contribution in [0.2, 0.25) is 0 Å².